The minimum atomic E-state index is 0.255. The molecular weight excluding hydrogens is 384 g/mol. The van der Waals surface area contributed by atoms with Crippen molar-refractivity contribution >= 4 is 21.7 Å². The third kappa shape index (κ3) is 23.4. The number of unbranched alkanes of at least 4 members (excludes halogenated alkanes) is 2. The maximum absolute atomic E-state index is 9.81. The smallest absolute Gasteiger partial charge is 0.129 e. The quantitative estimate of drug-likeness (QED) is 0.422. The fourth-order valence-electron chi connectivity index (χ4n) is 2.04. The van der Waals surface area contributed by atoms with Crippen LogP contribution in [0.1, 0.15) is 105 Å². The van der Waals surface area contributed by atoms with Crippen molar-refractivity contribution in [3.8, 4) is 0 Å². The maximum Gasteiger partial charge on any atom is 0.129 e. The summed E-state index contributed by atoms with van der Waals surface area (Å²) in [5.41, 5.74) is 2.62. The van der Waals surface area contributed by atoms with Gasteiger partial charge in [-0.15, -0.1) is 0 Å². The SMILES string of the molecule is CC.CCC(C)=O.CCCCC(C)CCCC.Cc1ccc(Br)c(C)c1. The number of Topliss-reactive ketones (excluding diaryl/α,β-unsaturated/α-hetero) is 1. The van der Waals surface area contributed by atoms with E-state index in [-0.39, 0.29) is 5.78 Å². The van der Waals surface area contributed by atoms with Gasteiger partial charge in [-0.05, 0) is 38.3 Å². The molecule has 0 atom stereocenters. The molecule has 0 aromatic heterocycles. The van der Waals surface area contributed by atoms with Crippen LogP contribution >= 0.6 is 15.9 Å². The molecule has 0 aliphatic heterocycles. The third-order valence-electron chi connectivity index (χ3n) is 3.91. The van der Waals surface area contributed by atoms with Gasteiger partial charge in [-0.25, -0.2) is 0 Å². The highest BCUT2D eigenvalue weighted by atomic mass is 79.9. The number of rotatable bonds is 7. The largest absolute Gasteiger partial charge is 0.300 e. The van der Waals surface area contributed by atoms with Crippen LogP contribution in [-0.4, -0.2) is 5.78 Å². The zero-order chi connectivity index (χ0) is 21.0. The second-order valence-corrected chi connectivity index (χ2v) is 7.55. The summed E-state index contributed by atoms with van der Waals surface area (Å²) >= 11 is 3.43. The minimum absolute atomic E-state index is 0.255. The lowest BCUT2D eigenvalue weighted by Crippen LogP contribution is -1.93. The standard InChI is InChI=1S/C10H22.C8H9Br.C4H8O.C2H6/c1-4-6-8-10(3)9-7-5-2;1-6-3-4-8(9)7(2)5-6;1-3-4(2)5;1-2/h10H,4-9H2,1-3H3;3-5H,1-2H3;3H2,1-2H3;1-2H3. The monoisotopic (exact) mass is 428 g/mol. The summed E-state index contributed by atoms with van der Waals surface area (Å²) in [6.07, 6.45) is 9.11. The molecule has 1 aromatic rings. The third-order valence-corrected chi connectivity index (χ3v) is 4.80. The molecule has 26 heavy (non-hydrogen) atoms. The van der Waals surface area contributed by atoms with Gasteiger partial charge in [0.05, 0.1) is 0 Å². The second kappa shape index (κ2) is 22.4. The average Bonchev–Trinajstić information content (AvgIpc) is 2.64. The number of halogens is 1. The summed E-state index contributed by atoms with van der Waals surface area (Å²) in [4.78, 5) is 9.81. The summed E-state index contributed by atoms with van der Waals surface area (Å²) < 4.78 is 1.19. The zero-order valence-electron chi connectivity index (χ0n) is 19.0. The Morgan fingerprint density at radius 1 is 1.00 bits per heavy atom. The molecule has 1 nitrogen and oxygen atoms in total. The molecule has 0 saturated carbocycles. The Hall–Kier alpha value is -0.630. The summed E-state index contributed by atoms with van der Waals surface area (Å²) in [6.45, 7) is 18.5. The summed E-state index contributed by atoms with van der Waals surface area (Å²) in [6, 6.07) is 6.33. The lowest BCUT2D eigenvalue weighted by Gasteiger charge is -2.08. The molecule has 0 bridgehead atoms. The number of carbonyl (C=O) groups excluding carboxylic acids is 1. The normalized spacial score (nSPS) is 9.19. The van der Waals surface area contributed by atoms with E-state index < -0.39 is 0 Å². The summed E-state index contributed by atoms with van der Waals surface area (Å²) in [7, 11) is 0. The van der Waals surface area contributed by atoms with Crippen molar-refractivity contribution in [1.82, 2.24) is 0 Å². The minimum Gasteiger partial charge on any atom is -0.300 e. The van der Waals surface area contributed by atoms with E-state index in [2.05, 4.69) is 68.7 Å². The van der Waals surface area contributed by atoms with Crippen LogP contribution in [0.5, 0.6) is 0 Å². The molecule has 1 rings (SSSR count). The summed E-state index contributed by atoms with van der Waals surface area (Å²) in [5, 5.41) is 0. The molecule has 2 heteroatoms. The van der Waals surface area contributed by atoms with Crippen LogP contribution in [0.4, 0.5) is 0 Å². The van der Waals surface area contributed by atoms with Crippen LogP contribution in [0.25, 0.3) is 0 Å². The van der Waals surface area contributed by atoms with Gasteiger partial charge in [-0.2, -0.15) is 0 Å². The molecule has 154 valence electrons. The van der Waals surface area contributed by atoms with Gasteiger partial charge in [0.1, 0.15) is 5.78 Å². The van der Waals surface area contributed by atoms with E-state index in [4.69, 9.17) is 0 Å². The Bertz CT molecular complexity index is 418. The van der Waals surface area contributed by atoms with Gasteiger partial charge in [0.15, 0.2) is 0 Å². The van der Waals surface area contributed by atoms with Crippen LogP contribution in [-0.2, 0) is 4.79 Å². The maximum atomic E-state index is 9.81. The van der Waals surface area contributed by atoms with E-state index in [0.717, 1.165) is 5.92 Å². The molecule has 0 unspecified atom stereocenters. The molecule has 1 aromatic carbocycles. The van der Waals surface area contributed by atoms with Gasteiger partial charge in [0, 0.05) is 10.9 Å². The molecule has 0 fully saturated rings. The topological polar surface area (TPSA) is 17.1 Å². The van der Waals surface area contributed by atoms with Crippen molar-refractivity contribution < 1.29 is 4.79 Å². The Balaban J connectivity index is -0.000000305. The van der Waals surface area contributed by atoms with Crippen LogP contribution in [0.3, 0.4) is 0 Å². The van der Waals surface area contributed by atoms with Crippen molar-refractivity contribution in [2.24, 2.45) is 5.92 Å². The van der Waals surface area contributed by atoms with E-state index in [1.807, 2.05) is 20.8 Å². The Kier molecular flexibility index (Phi) is 26.0. The Morgan fingerprint density at radius 2 is 1.42 bits per heavy atom. The van der Waals surface area contributed by atoms with Crippen molar-refractivity contribution in [2.75, 3.05) is 0 Å². The van der Waals surface area contributed by atoms with Crippen molar-refractivity contribution in [1.29, 1.82) is 0 Å². The molecular formula is C24H45BrO. The first-order chi connectivity index (χ1) is 12.3. The highest BCUT2D eigenvalue weighted by Gasteiger charge is 1.98. The van der Waals surface area contributed by atoms with Gasteiger partial charge in [-0.3, -0.25) is 0 Å². The highest BCUT2D eigenvalue weighted by molar-refractivity contribution is 9.10. The van der Waals surface area contributed by atoms with E-state index in [9.17, 15) is 4.79 Å². The first-order valence-electron chi connectivity index (χ1n) is 10.5. The van der Waals surface area contributed by atoms with Crippen LogP contribution in [0, 0.1) is 19.8 Å². The van der Waals surface area contributed by atoms with E-state index >= 15 is 0 Å². The molecule has 0 N–H and O–H groups in total. The average molecular weight is 430 g/mol. The number of benzene rings is 1. The number of aryl methyl sites for hydroxylation is 2. The van der Waals surface area contributed by atoms with Crippen molar-refractivity contribution in [3.63, 3.8) is 0 Å². The molecule has 0 saturated heterocycles. The van der Waals surface area contributed by atoms with Gasteiger partial charge in [-0.1, -0.05) is 114 Å². The predicted octanol–water partition coefficient (Wildman–Crippen LogP) is 9.08. The van der Waals surface area contributed by atoms with Crippen molar-refractivity contribution in [2.45, 2.75) is 107 Å². The molecule has 0 heterocycles. The highest BCUT2D eigenvalue weighted by Crippen LogP contribution is 2.16. The molecule has 0 spiro atoms. The van der Waals surface area contributed by atoms with Crippen LogP contribution in [0.15, 0.2) is 22.7 Å². The fraction of sp³-hybridized carbons (Fsp3) is 0.708. The van der Waals surface area contributed by atoms with Crippen LogP contribution in [0.2, 0.25) is 0 Å². The number of hydrogen-bond donors (Lipinski definition) is 0. The lowest BCUT2D eigenvalue weighted by molar-refractivity contribution is -0.116. The molecule has 0 radical (unpaired) electrons. The number of carbonyl (C=O) groups is 1. The van der Waals surface area contributed by atoms with E-state index in [1.165, 1.54) is 54.1 Å². The number of hydrogen-bond acceptors (Lipinski definition) is 1. The van der Waals surface area contributed by atoms with Gasteiger partial charge in [0.2, 0.25) is 0 Å². The molecule has 0 aliphatic rings. The second-order valence-electron chi connectivity index (χ2n) is 6.70. The fourth-order valence-corrected chi connectivity index (χ4v) is 2.29. The Labute approximate surface area is 173 Å². The predicted molar refractivity (Wildman–Crippen MR) is 124 cm³/mol. The van der Waals surface area contributed by atoms with Crippen molar-refractivity contribution in [3.05, 3.63) is 33.8 Å². The lowest BCUT2D eigenvalue weighted by atomic mass is 9.98. The van der Waals surface area contributed by atoms with E-state index in [1.54, 1.807) is 6.92 Å². The first kappa shape index (κ1) is 30.1. The molecule has 0 aliphatic carbocycles. The van der Waals surface area contributed by atoms with Crippen LogP contribution < -0.4 is 0 Å². The zero-order valence-corrected chi connectivity index (χ0v) is 20.6. The molecule has 0 amide bonds. The van der Waals surface area contributed by atoms with E-state index in [0.29, 0.717) is 6.42 Å². The first-order valence-corrected chi connectivity index (χ1v) is 11.3. The Morgan fingerprint density at radius 3 is 1.69 bits per heavy atom. The van der Waals surface area contributed by atoms with Gasteiger partial charge in [0.25, 0.3) is 0 Å². The number of ketones is 1. The van der Waals surface area contributed by atoms with Gasteiger partial charge >= 0.3 is 0 Å². The summed E-state index contributed by atoms with van der Waals surface area (Å²) in [5.74, 6) is 1.23. The van der Waals surface area contributed by atoms with Gasteiger partial charge < -0.3 is 4.79 Å².